The number of anilines is 2. The second-order valence-electron chi connectivity index (χ2n) is 7.44. The molecule has 1 aliphatic heterocycles. The molecule has 0 amide bonds. The van der Waals surface area contributed by atoms with E-state index in [9.17, 15) is 0 Å². The summed E-state index contributed by atoms with van der Waals surface area (Å²) in [6.45, 7) is 1.39. The molecule has 0 fully saturated rings. The Morgan fingerprint density at radius 1 is 0.774 bits per heavy atom. The van der Waals surface area contributed by atoms with Crippen molar-refractivity contribution < 1.29 is 4.74 Å². The molecule has 3 heterocycles. The number of fused-ring (bicyclic) bond motifs is 2. The van der Waals surface area contributed by atoms with Crippen LogP contribution in [0.4, 0.5) is 11.5 Å². The van der Waals surface area contributed by atoms with Gasteiger partial charge in [0.1, 0.15) is 29.3 Å². The summed E-state index contributed by atoms with van der Waals surface area (Å²) in [7, 11) is 0. The smallest absolute Gasteiger partial charge is 0.146 e. The van der Waals surface area contributed by atoms with Gasteiger partial charge in [0.25, 0.3) is 0 Å². The van der Waals surface area contributed by atoms with Crippen LogP contribution >= 0.6 is 11.3 Å². The number of nitrogens with zero attached hydrogens (tertiary/aromatic N) is 3. The van der Waals surface area contributed by atoms with Crippen molar-refractivity contribution in [1.82, 2.24) is 9.97 Å². The number of ether oxygens (including phenoxy) is 1. The van der Waals surface area contributed by atoms with Gasteiger partial charge in [0.15, 0.2) is 0 Å². The summed E-state index contributed by atoms with van der Waals surface area (Å²) in [5, 5.41) is 3.28. The van der Waals surface area contributed by atoms with E-state index >= 15 is 0 Å². The van der Waals surface area contributed by atoms with Gasteiger partial charge in [-0.05, 0) is 28.8 Å². The van der Waals surface area contributed by atoms with Crippen LogP contribution in [0.25, 0.3) is 32.5 Å². The lowest BCUT2D eigenvalue weighted by molar-refractivity contribution is 0.314. The predicted octanol–water partition coefficient (Wildman–Crippen LogP) is 6.56. The van der Waals surface area contributed by atoms with Gasteiger partial charge < -0.3 is 9.64 Å². The first-order valence-electron chi connectivity index (χ1n) is 10.3. The van der Waals surface area contributed by atoms with Crippen LogP contribution < -0.4 is 9.64 Å². The first-order chi connectivity index (χ1) is 15.4. The minimum absolute atomic E-state index is 0.633. The molecule has 0 N–H and O–H groups in total. The quantitative estimate of drug-likeness (QED) is 0.331. The lowest BCUT2D eigenvalue weighted by atomic mass is 10.0. The number of rotatable bonds is 3. The molecule has 3 aromatic carbocycles. The van der Waals surface area contributed by atoms with E-state index in [-0.39, 0.29) is 0 Å². The topological polar surface area (TPSA) is 38.2 Å². The zero-order valence-corrected chi connectivity index (χ0v) is 17.5. The van der Waals surface area contributed by atoms with Gasteiger partial charge in [-0.2, -0.15) is 0 Å². The lowest BCUT2D eigenvalue weighted by Gasteiger charge is -2.30. The number of para-hydroxylation sites is 2. The van der Waals surface area contributed by atoms with Crippen LogP contribution in [0.5, 0.6) is 5.75 Å². The highest BCUT2D eigenvalue weighted by atomic mass is 32.1. The fourth-order valence-corrected chi connectivity index (χ4v) is 5.05. The van der Waals surface area contributed by atoms with Crippen LogP contribution in [0, 0.1) is 0 Å². The Kier molecular flexibility index (Phi) is 4.39. The standard InChI is InChI=1S/C26H19N3OS/c1-2-6-18(7-3-1)19-10-12-20(13-11-19)21-16-31-26-24(21)25(27-17-28-26)29-14-15-30-23-9-5-4-8-22(23)29/h1-13,16-17H,14-15H2. The summed E-state index contributed by atoms with van der Waals surface area (Å²) in [4.78, 5) is 12.5. The lowest BCUT2D eigenvalue weighted by Crippen LogP contribution is -2.29. The SMILES string of the molecule is c1ccc(-c2ccc(-c3csc4ncnc(N5CCOc6ccccc65)c34)cc2)cc1. The number of benzene rings is 3. The van der Waals surface area contributed by atoms with Gasteiger partial charge in [-0.15, -0.1) is 11.3 Å². The average molecular weight is 422 g/mol. The van der Waals surface area contributed by atoms with E-state index in [1.165, 1.54) is 22.3 Å². The fourth-order valence-electron chi connectivity index (χ4n) is 4.14. The molecular weight excluding hydrogens is 402 g/mol. The zero-order valence-electron chi connectivity index (χ0n) is 16.7. The molecule has 0 bridgehead atoms. The fraction of sp³-hybridized carbons (Fsp3) is 0.0769. The summed E-state index contributed by atoms with van der Waals surface area (Å²) in [6, 6.07) is 27.3. The molecule has 6 rings (SSSR count). The Balaban J connectivity index is 1.47. The molecule has 4 nitrogen and oxygen atoms in total. The van der Waals surface area contributed by atoms with Crippen LogP contribution in [0.2, 0.25) is 0 Å². The van der Waals surface area contributed by atoms with Crippen LogP contribution in [0.15, 0.2) is 90.6 Å². The number of hydrogen-bond acceptors (Lipinski definition) is 5. The van der Waals surface area contributed by atoms with Crippen LogP contribution in [-0.2, 0) is 0 Å². The molecule has 0 unspecified atom stereocenters. The van der Waals surface area contributed by atoms with E-state index in [2.05, 4.69) is 69.9 Å². The van der Waals surface area contributed by atoms with E-state index in [0.717, 1.165) is 34.0 Å². The predicted molar refractivity (Wildman–Crippen MR) is 127 cm³/mol. The Morgan fingerprint density at radius 3 is 2.39 bits per heavy atom. The number of thiophene rings is 1. The van der Waals surface area contributed by atoms with Crippen LogP contribution in [0.3, 0.4) is 0 Å². The van der Waals surface area contributed by atoms with Crippen molar-refractivity contribution in [3.63, 3.8) is 0 Å². The molecule has 5 aromatic rings. The molecule has 0 aliphatic carbocycles. The highest BCUT2D eigenvalue weighted by Gasteiger charge is 2.24. The third-order valence-electron chi connectivity index (χ3n) is 5.64. The second kappa shape index (κ2) is 7.52. The molecule has 1 aliphatic rings. The van der Waals surface area contributed by atoms with Crippen molar-refractivity contribution in [2.45, 2.75) is 0 Å². The summed E-state index contributed by atoms with van der Waals surface area (Å²) in [6.07, 6.45) is 1.66. The monoisotopic (exact) mass is 421 g/mol. The van der Waals surface area contributed by atoms with Gasteiger partial charge in [0.05, 0.1) is 17.6 Å². The largest absolute Gasteiger partial charge is 0.490 e. The van der Waals surface area contributed by atoms with Crippen molar-refractivity contribution in [3.05, 3.63) is 90.6 Å². The van der Waals surface area contributed by atoms with Crippen LogP contribution in [0.1, 0.15) is 0 Å². The first-order valence-corrected chi connectivity index (χ1v) is 11.1. The third kappa shape index (κ3) is 3.14. The molecule has 5 heteroatoms. The average Bonchev–Trinajstić information content (AvgIpc) is 3.29. The Labute approximate surface area is 184 Å². The first kappa shape index (κ1) is 18.1. The van der Waals surface area contributed by atoms with Crippen molar-refractivity contribution in [1.29, 1.82) is 0 Å². The van der Waals surface area contributed by atoms with Gasteiger partial charge in [-0.25, -0.2) is 9.97 Å². The molecule has 0 spiro atoms. The minimum Gasteiger partial charge on any atom is -0.490 e. The Hall–Kier alpha value is -3.70. The normalized spacial score (nSPS) is 13.1. The summed E-state index contributed by atoms with van der Waals surface area (Å²) < 4.78 is 5.86. The maximum absolute atomic E-state index is 5.86. The summed E-state index contributed by atoms with van der Waals surface area (Å²) in [5.74, 6) is 1.83. The van der Waals surface area contributed by atoms with Gasteiger partial charge >= 0.3 is 0 Å². The van der Waals surface area contributed by atoms with Crippen LogP contribution in [-0.4, -0.2) is 23.1 Å². The van der Waals surface area contributed by atoms with Gasteiger partial charge in [0, 0.05) is 10.9 Å². The van der Waals surface area contributed by atoms with Gasteiger partial charge in [0.2, 0.25) is 0 Å². The van der Waals surface area contributed by atoms with Crippen molar-refractivity contribution in [2.75, 3.05) is 18.1 Å². The summed E-state index contributed by atoms with van der Waals surface area (Å²) in [5.41, 5.74) is 5.81. The molecule has 31 heavy (non-hydrogen) atoms. The number of aromatic nitrogens is 2. The number of hydrogen-bond donors (Lipinski definition) is 0. The summed E-state index contributed by atoms with van der Waals surface area (Å²) >= 11 is 1.66. The van der Waals surface area contributed by atoms with Crippen molar-refractivity contribution in [2.24, 2.45) is 0 Å². The zero-order chi connectivity index (χ0) is 20.6. The maximum atomic E-state index is 5.86. The third-order valence-corrected chi connectivity index (χ3v) is 6.52. The molecule has 0 radical (unpaired) electrons. The van der Waals surface area contributed by atoms with E-state index in [1.54, 1.807) is 17.7 Å². The second-order valence-corrected chi connectivity index (χ2v) is 8.30. The molecule has 150 valence electrons. The molecule has 0 saturated heterocycles. The molecule has 0 atom stereocenters. The molecule has 2 aromatic heterocycles. The van der Waals surface area contributed by atoms with Gasteiger partial charge in [-0.3, -0.25) is 0 Å². The van der Waals surface area contributed by atoms with E-state index < -0.39 is 0 Å². The van der Waals surface area contributed by atoms with E-state index in [4.69, 9.17) is 9.72 Å². The maximum Gasteiger partial charge on any atom is 0.146 e. The Morgan fingerprint density at radius 2 is 1.52 bits per heavy atom. The van der Waals surface area contributed by atoms with Crippen molar-refractivity contribution >= 4 is 33.1 Å². The van der Waals surface area contributed by atoms with E-state index in [1.807, 2.05) is 24.3 Å². The minimum atomic E-state index is 0.633. The molecular formula is C26H19N3OS. The van der Waals surface area contributed by atoms with Gasteiger partial charge in [-0.1, -0.05) is 66.7 Å². The van der Waals surface area contributed by atoms with Crippen molar-refractivity contribution in [3.8, 4) is 28.0 Å². The Bertz CT molecular complexity index is 1360. The van der Waals surface area contributed by atoms with E-state index in [0.29, 0.717) is 6.61 Å². The highest BCUT2D eigenvalue weighted by molar-refractivity contribution is 7.17. The highest BCUT2D eigenvalue weighted by Crippen LogP contribution is 2.43. The molecule has 0 saturated carbocycles.